The van der Waals surface area contributed by atoms with Crippen molar-refractivity contribution in [1.82, 2.24) is 19.6 Å². The molecule has 0 aliphatic carbocycles. The standard InChI is InChI=1S/C20H28N4O7/c1-21(11-17(26)23(3)13-19(28)29)16(25)10-22(2)18(27)12-24(4)20(30)31-14-15-8-6-5-7-9-15/h5-9H,10-14H2,1-4H3,(H,28,29). The molecule has 31 heavy (non-hydrogen) atoms. The van der Waals surface area contributed by atoms with E-state index < -0.39 is 36.3 Å². The van der Waals surface area contributed by atoms with Crippen LogP contribution >= 0.6 is 0 Å². The highest BCUT2D eigenvalue weighted by molar-refractivity contribution is 5.90. The number of hydrogen-bond acceptors (Lipinski definition) is 6. The molecule has 1 rings (SSSR count). The summed E-state index contributed by atoms with van der Waals surface area (Å²) in [5.74, 6) is -2.72. The van der Waals surface area contributed by atoms with Crippen LogP contribution in [0.25, 0.3) is 0 Å². The van der Waals surface area contributed by atoms with E-state index in [0.29, 0.717) is 0 Å². The van der Waals surface area contributed by atoms with Gasteiger partial charge < -0.3 is 29.4 Å². The maximum absolute atomic E-state index is 12.3. The molecule has 170 valence electrons. The van der Waals surface area contributed by atoms with Gasteiger partial charge in [0.05, 0.1) is 13.1 Å². The molecule has 0 spiro atoms. The summed E-state index contributed by atoms with van der Waals surface area (Å²) < 4.78 is 5.14. The molecule has 1 aromatic rings. The first-order valence-electron chi connectivity index (χ1n) is 9.36. The monoisotopic (exact) mass is 436 g/mol. The second-order valence-corrected chi connectivity index (χ2v) is 7.04. The summed E-state index contributed by atoms with van der Waals surface area (Å²) in [6, 6.07) is 9.08. The summed E-state index contributed by atoms with van der Waals surface area (Å²) in [5.41, 5.74) is 0.810. The minimum atomic E-state index is -1.17. The number of amides is 4. The molecule has 0 bridgehead atoms. The summed E-state index contributed by atoms with van der Waals surface area (Å²) in [6.07, 6.45) is -0.680. The van der Waals surface area contributed by atoms with E-state index in [1.54, 1.807) is 12.1 Å². The molecule has 0 atom stereocenters. The fourth-order valence-corrected chi connectivity index (χ4v) is 2.33. The molecular weight excluding hydrogens is 408 g/mol. The van der Waals surface area contributed by atoms with Crippen molar-refractivity contribution in [3.8, 4) is 0 Å². The van der Waals surface area contributed by atoms with Crippen LogP contribution in [0.2, 0.25) is 0 Å². The van der Waals surface area contributed by atoms with Gasteiger partial charge in [0.15, 0.2) is 0 Å². The van der Waals surface area contributed by atoms with E-state index in [4.69, 9.17) is 9.84 Å². The van der Waals surface area contributed by atoms with Crippen LogP contribution in [0.5, 0.6) is 0 Å². The Morgan fingerprint density at radius 3 is 1.58 bits per heavy atom. The van der Waals surface area contributed by atoms with Crippen molar-refractivity contribution in [2.75, 3.05) is 54.4 Å². The lowest BCUT2D eigenvalue weighted by Gasteiger charge is -2.25. The van der Waals surface area contributed by atoms with Gasteiger partial charge in [-0.3, -0.25) is 19.2 Å². The zero-order chi connectivity index (χ0) is 23.6. The first-order chi connectivity index (χ1) is 14.5. The lowest BCUT2D eigenvalue weighted by molar-refractivity contribution is -0.146. The molecule has 0 radical (unpaired) electrons. The number of ether oxygens (including phenoxy) is 1. The first kappa shape index (κ1) is 25.4. The number of benzene rings is 1. The number of carboxylic acid groups (broad SMARTS) is 1. The second-order valence-electron chi connectivity index (χ2n) is 7.04. The average Bonchev–Trinajstić information content (AvgIpc) is 2.71. The molecule has 11 nitrogen and oxygen atoms in total. The molecular formula is C20H28N4O7. The van der Waals surface area contributed by atoms with Crippen molar-refractivity contribution in [2.24, 2.45) is 0 Å². The van der Waals surface area contributed by atoms with Crippen LogP contribution in [0.3, 0.4) is 0 Å². The summed E-state index contributed by atoms with van der Waals surface area (Å²) >= 11 is 0. The Morgan fingerprint density at radius 1 is 0.710 bits per heavy atom. The van der Waals surface area contributed by atoms with Gasteiger partial charge in [-0.25, -0.2) is 4.79 Å². The zero-order valence-corrected chi connectivity index (χ0v) is 18.1. The SMILES string of the molecule is CN(CC(=O)O)C(=O)CN(C)C(=O)CN(C)C(=O)CN(C)C(=O)OCc1ccccc1. The minimum Gasteiger partial charge on any atom is -0.480 e. The lowest BCUT2D eigenvalue weighted by atomic mass is 10.2. The van der Waals surface area contributed by atoms with E-state index in [0.717, 1.165) is 25.2 Å². The van der Waals surface area contributed by atoms with Crippen molar-refractivity contribution in [3.05, 3.63) is 35.9 Å². The van der Waals surface area contributed by atoms with Crippen LogP contribution in [0, 0.1) is 0 Å². The lowest BCUT2D eigenvalue weighted by Crippen LogP contribution is -2.46. The quantitative estimate of drug-likeness (QED) is 0.534. The minimum absolute atomic E-state index is 0.0711. The molecule has 0 aliphatic rings. The van der Waals surface area contributed by atoms with Gasteiger partial charge in [0.1, 0.15) is 19.7 Å². The molecule has 1 N–H and O–H groups in total. The van der Waals surface area contributed by atoms with Crippen molar-refractivity contribution in [1.29, 1.82) is 0 Å². The van der Waals surface area contributed by atoms with Gasteiger partial charge in [-0.05, 0) is 5.56 Å². The van der Waals surface area contributed by atoms with Crippen LogP contribution in [-0.4, -0.2) is 109 Å². The van der Waals surface area contributed by atoms with E-state index >= 15 is 0 Å². The van der Waals surface area contributed by atoms with Crippen molar-refractivity contribution in [3.63, 3.8) is 0 Å². The molecule has 0 heterocycles. The van der Waals surface area contributed by atoms with Crippen molar-refractivity contribution in [2.45, 2.75) is 6.61 Å². The maximum Gasteiger partial charge on any atom is 0.410 e. The molecule has 11 heteroatoms. The normalized spacial score (nSPS) is 10.1. The van der Waals surface area contributed by atoms with Crippen molar-refractivity contribution < 1.29 is 33.8 Å². The Hall–Kier alpha value is -3.63. The Kier molecular flexibility index (Phi) is 9.96. The number of carboxylic acids is 1. The summed E-state index contributed by atoms with van der Waals surface area (Å²) in [4.78, 5) is 63.5. The fraction of sp³-hybridized carbons (Fsp3) is 0.450. The van der Waals surface area contributed by atoms with Gasteiger partial charge in [0, 0.05) is 28.2 Å². The van der Waals surface area contributed by atoms with E-state index in [2.05, 4.69) is 0 Å². The number of likely N-dealkylation sites (N-methyl/N-ethyl adjacent to an activating group) is 4. The van der Waals surface area contributed by atoms with E-state index in [9.17, 15) is 24.0 Å². The van der Waals surface area contributed by atoms with E-state index in [-0.39, 0.29) is 26.2 Å². The van der Waals surface area contributed by atoms with Gasteiger partial charge in [-0.1, -0.05) is 30.3 Å². The van der Waals surface area contributed by atoms with Gasteiger partial charge in [-0.15, -0.1) is 0 Å². The number of hydrogen-bond donors (Lipinski definition) is 1. The van der Waals surface area contributed by atoms with Gasteiger partial charge in [-0.2, -0.15) is 0 Å². The molecule has 0 fully saturated rings. The number of nitrogens with zero attached hydrogens (tertiary/aromatic N) is 4. The predicted molar refractivity (Wildman–Crippen MR) is 110 cm³/mol. The Balaban J connectivity index is 2.45. The summed E-state index contributed by atoms with van der Waals surface area (Å²) in [7, 11) is 5.50. The Morgan fingerprint density at radius 2 is 1.13 bits per heavy atom. The van der Waals surface area contributed by atoms with Crippen LogP contribution < -0.4 is 0 Å². The molecule has 0 aromatic heterocycles. The van der Waals surface area contributed by atoms with Crippen LogP contribution in [0.15, 0.2) is 30.3 Å². The third kappa shape index (κ3) is 9.15. The predicted octanol–water partition coefficient (Wildman–Crippen LogP) is -0.285. The topological polar surface area (TPSA) is 128 Å². The van der Waals surface area contributed by atoms with E-state index in [1.807, 2.05) is 18.2 Å². The average molecular weight is 436 g/mol. The molecule has 0 aliphatic heterocycles. The molecule has 0 saturated heterocycles. The Labute approximate surface area is 180 Å². The van der Waals surface area contributed by atoms with E-state index in [1.165, 1.54) is 28.2 Å². The van der Waals surface area contributed by atoms with Crippen LogP contribution in [0.4, 0.5) is 4.79 Å². The third-order valence-corrected chi connectivity index (χ3v) is 4.28. The molecule has 1 aromatic carbocycles. The third-order valence-electron chi connectivity index (χ3n) is 4.28. The summed E-state index contributed by atoms with van der Waals surface area (Å²) in [5, 5.41) is 8.70. The highest BCUT2D eigenvalue weighted by Crippen LogP contribution is 2.03. The molecule has 4 amide bonds. The molecule has 0 unspecified atom stereocenters. The second kappa shape index (κ2) is 12.2. The van der Waals surface area contributed by atoms with Crippen molar-refractivity contribution >= 4 is 29.8 Å². The maximum atomic E-state index is 12.3. The molecule has 0 saturated carbocycles. The summed E-state index contributed by atoms with van der Waals surface area (Å²) in [6.45, 7) is -1.33. The van der Waals surface area contributed by atoms with Gasteiger partial charge >= 0.3 is 12.1 Å². The highest BCUT2D eigenvalue weighted by Gasteiger charge is 2.22. The zero-order valence-electron chi connectivity index (χ0n) is 18.1. The number of rotatable bonds is 10. The van der Waals surface area contributed by atoms with Crippen LogP contribution in [0.1, 0.15) is 5.56 Å². The first-order valence-corrected chi connectivity index (χ1v) is 9.36. The largest absolute Gasteiger partial charge is 0.480 e. The van der Waals surface area contributed by atoms with Gasteiger partial charge in [0.25, 0.3) is 0 Å². The number of aliphatic carboxylic acids is 1. The number of carbonyl (C=O) groups excluding carboxylic acids is 4. The smallest absolute Gasteiger partial charge is 0.410 e. The fourth-order valence-electron chi connectivity index (χ4n) is 2.33. The van der Waals surface area contributed by atoms with Crippen LogP contribution in [-0.2, 0) is 30.5 Å². The van der Waals surface area contributed by atoms with Gasteiger partial charge in [0.2, 0.25) is 17.7 Å². The highest BCUT2D eigenvalue weighted by atomic mass is 16.6. The Bertz CT molecular complexity index is 800. The number of carbonyl (C=O) groups is 5.